The molecule has 2 aliphatic heterocycles. The van der Waals surface area contributed by atoms with Crippen molar-refractivity contribution in [1.82, 2.24) is 0 Å². The molecule has 41 heavy (non-hydrogen) atoms. The van der Waals surface area contributed by atoms with Crippen LogP contribution in [0.15, 0.2) is 10.2 Å². The summed E-state index contributed by atoms with van der Waals surface area (Å²) in [7, 11) is -6.69. The zero-order valence-corrected chi connectivity index (χ0v) is 33.9. The van der Waals surface area contributed by atoms with Crippen LogP contribution in [0.3, 0.4) is 0 Å². The fraction of sp³-hybridized carbons (Fsp3) is 0.903. The van der Waals surface area contributed by atoms with E-state index in [0.29, 0.717) is 6.42 Å². The van der Waals surface area contributed by atoms with Gasteiger partial charge in [-0.05, 0) is 77.4 Å². The number of hydrogen-bond donors (Lipinski definition) is 0. The van der Waals surface area contributed by atoms with Gasteiger partial charge >= 0.3 is 0 Å². The fourth-order valence-corrected chi connectivity index (χ4v) is 8.89. The molecular weight excluding hydrogens is 679 g/mol. The van der Waals surface area contributed by atoms with Crippen LogP contribution < -0.4 is 0 Å². The summed E-state index contributed by atoms with van der Waals surface area (Å²) in [5.41, 5.74) is 0. The first-order valence-electron chi connectivity index (χ1n) is 15.4. The van der Waals surface area contributed by atoms with Crippen LogP contribution in [0.2, 0.25) is 54.4 Å². The smallest absolute Gasteiger partial charge is 0.193 e. The van der Waals surface area contributed by atoms with E-state index in [0.717, 1.165) is 19.1 Å². The largest absolute Gasteiger partial charge is 0.408 e. The topological polar surface area (TPSA) is 63.2 Å². The molecule has 0 spiro atoms. The number of aldehydes is 1. The lowest BCUT2D eigenvalue weighted by atomic mass is 9.87. The summed E-state index contributed by atoms with van der Waals surface area (Å²) in [4.78, 5) is 11.5. The average molecular weight is 741 g/mol. The zero-order chi connectivity index (χ0) is 31.8. The van der Waals surface area contributed by atoms with Crippen molar-refractivity contribution in [3.8, 4) is 0 Å². The zero-order valence-electron chi connectivity index (χ0n) is 28.7. The van der Waals surface area contributed by atoms with Crippen molar-refractivity contribution in [3.05, 3.63) is 10.2 Å². The minimum absolute atomic E-state index is 0.00170. The third-order valence-corrected chi connectivity index (χ3v) is 24.3. The Balaban J connectivity index is 2.73. The summed E-state index contributed by atoms with van der Waals surface area (Å²) in [5.74, 6) is 0. The van der Waals surface area contributed by atoms with Crippen LogP contribution in [-0.4, -0.2) is 74.0 Å². The van der Waals surface area contributed by atoms with Gasteiger partial charge in [-0.25, -0.2) is 0 Å². The van der Waals surface area contributed by atoms with Crippen LogP contribution in [0.25, 0.3) is 0 Å². The van der Waals surface area contributed by atoms with Gasteiger partial charge in [0.05, 0.1) is 18.3 Å². The standard InChI is InChI=1S/C31H61IO6Si3/c1-29(2,3)39(10,11)36-24(18-20-32)26-28(38-41(14,15)31(7,8)9)27(37-40(12,13)30(4,5)6)25-23(35-26)17-16-22(34-25)19-21-33/h18,20-28H,16-17,19H2,1-15H3/b20-18+/t22-,23+,24?,25-,26-,27?,28?/m1/s1. The molecule has 0 aliphatic carbocycles. The SMILES string of the molecule is CC(C)(C)[Si](C)(C)OC(/C=C/I)[C@H]1O[C@H]2CC[C@H](CC=O)O[C@H]2C(O[Si](C)(C)C(C)(C)C)C1O[Si](C)(C)C(C)(C)C. The molecule has 0 aromatic heterocycles. The van der Waals surface area contributed by atoms with Crippen molar-refractivity contribution in [3.63, 3.8) is 0 Å². The average Bonchev–Trinajstić information content (AvgIpc) is 2.78. The molecule has 2 aliphatic rings. The molecule has 2 rings (SSSR count). The van der Waals surface area contributed by atoms with Crippen LogP contribution in [0.5, 0.6) is 0 Å². The van der Waals surface area contributed by atoms with E-state index in [-0.39, 0.29) is 57.8 Å². The molecule has 0 aromatic rings. The first kappa shape index (κ1) is 37.8. The molecule has 7 atom stereocenters. The van der Waals surface area contributed by atoms with Crippen LogP contribution in [0.4, 0.5) is 0 Å². The maximum Gasteiger partial charge on any atom is 0.193 e. The number of carbonyl (C=O) groups excluding carboxylic acids is 1. The van der Waals surface area contributed by atoms with E-state index in [1.54, 1.807) is 0 Å². The molecule has 0 saturated carbocycles. The third kappa shape index (κ3) is 9.08. The minimum atomic E-state index is -2.28. The predicted molar refractivity (Wildman–Crippen MR) is 187 cm³/mol. The third-order valence-electron chi connectivity index (χ3n) is 10.4. The maximum absolute atomic E-state index is 11.5. The van der Waals surface area contributed by atoms with Crippen LogP contribution in [0, 0.1) is 0 Å². The number of fused-ring (bicyclic) bond motifs is 1. The second kappa shape index (κ2) is 13.5. The fourth-order valence-electron chi connectivity index (χ4n) is 4.63. The lowest BCUT2D eigenvalue weighted by molar-refractivity contribution is -0.266. The van der Waals surface area contributed by atoms with Crippen molar-refractivity contribution >= 4 is 53.8 Å². The Morgan fingerprint density at radius 1 is 0.780 bits per heavy atom. The van der Waals surface area contributed by atoms with Gasteiger partial charge in [0.1, 0.15) is 30.7 Å². The second-order valence-electron chi connectivity index (χ2n) is 16.7. The Morgan fingerprint density at radius 3 is 1.71 bits per heavy atom. The normalized spacial score (nSPS) is 29.9. The van der Waals surface area contributed by atoms with E-state index < -0.39 is 25.0 Å². The lowest BCUT2D eigenvalue weighted by Crippen LogP contribution is -2.69. The van der Waals surface area contributed by atoms with Gasteiger partial charge in [0.15, 0.2) is 25.0 Å². The number of carbonyl (C=O) groups is 1. The van der Waals surface area contributed by atoms with Gasteiger partial charge in [-0.3, -0.25) is 0 Å². The van der Waals surface area contributed by atoms with Crippen molar-refractivity contribution < 1.29 is 27.5 Å². The van der Waals surface area contributed by atoms with Gasteiger partial charge < -0.3 is 27.5 Å². The quantitative estimate of drug-likeness (QED) is 0.127. The maximum atomic E-state index is 11.5. The number of halogens is 1. The van der Waals surface area contributed by atoms with Crippen molar-refractivity contribution in [2.24, 2.45) is 0 Å². The molecule has 3 unspecified atom stereocenters. The number of hydrogen-bond acceptors (Lipinski definition) is 6. The van der Waals surface area contributed by atoms with Crippen molar-refractivity contribution in [2.45, 2.75) is 179 Å². The Labute approximate surface area is 268 Å². The van der Waals surface area contributed by atoms with E-state index in [4.69, 9.17) is 22.8 Å². The van der Waals surface area contributed by atoms with Gasteiger partial charge in [0.2, 0.25) is 0 Å². The number of rotatable bonds is 10. The monoisotopic (exact) mass is 740 g/mol. The Morgan fingerprint density at radius 2 is 1.27 bits per heavy atom. The van der Waals surface area contributed by atoms with Crippen LogP contribution >= 0.6 is 22.6 Å². The molecule has 2 fully saturated rings. The summed E-state index contributed by atoms with van der Waals surface area (Å²) in [6.07, 6.45) is 3.25. The minimum Gasteiger partial charge on any atom is -0.408 e. The van der Waals surface area contributed by atoms with Crippen LogP contribution in [-0.2, 0) is 27.5 Å². The highest BCUT2D eigenvalue weighted by molar-refractivity contribution is 14.1. The molecule has 0 radical (unpaired) electrons. The molecule has 0 amide bonds. The first-order valence-corrected chi connectivity index (χ1v) is 25.4. The van der Waals surface area contributed by atoms with Gasteiger partial charge in [-0.2, -0.15) is 0 Å². The highest BCUT2D eigenvalue weighted by atomic mass is 127. The molecule has 2 saturated heterocycles. The summed E-state index contributed by atoms with van der Waals surface area (Å²) in [5, 5.41) is 0.0521. The van der Waals surface area contributed by atoms with Gasteiger partial charge in [-0.15, -0.1) is 0 Å². The molecular formula is C31H61IO6Si3. The van der Waals surface area contributed by atoms with E-state index in [2.05, 4.69) is 134 Å². The second-order valence-corrected chi connectivity index (χ2v) is 31.7. The van der Waals surface area contributed by atoms with Crippen molar-refractivity contribution in [1.29, 1.82) is 0 Å². The Bertz CT molecular complexity index is 903. The van der Waals surface area contributed by atoms with Gasteiger partial charge in [-0.1, -0.05) is 84.9 Å². The van der Waals surface area contributed by atoms with Gasteiger partial charge in [0.25, 0.3) is 0 Å². The Kier molecular flexibility index (Phi) is 12.5. The molecule has 6 nitrogen and oxygen atoms in total. The molecule has 0 bridgehead atoms. The summed E-state index contributed by atoms with van der Waals surface area (Å²) >= 11 is 2.29. The number of ether oxygens (including phenoxy) is 2. The highest BCUT2D eigenvalue weighted by Gasteiger charge is 2.57. The summed E-state index contributed by atoms with van der Waals surface area (Å²) < 4.78 is 37.6. The summed E-state index contributed by atoms with van der Waals surface area (Å²) in [6, 6.07) is 0. The van der Waals surface area contributed by atoms with Crippen LogP contribution in [0.1, 0.15) is 81.6 Å². The summed E-state index contributed by atoms with van der Waals surface area (Å²) in [6.45, 7) is 34.3. The van der Waals surface area contributed by atoms with E-state index in [1.807, 2.05) is 0 Å². The van der Waals surface area contributed by atoms with E-state index in [9.17, 15) is 4.79 Å². The van der Waals surface area contributed by atoms with Crippen molar-refractivity contribution in [2.75, 3.05) is 0 Å². The first-order chi connectivity index (χ1) is 18.4. The predicted octanol–water partition coefficient (Wildman–Crippen LogP) is 9.01. The lowest BCUT2D eigenvalue weighted by Gasteiger charge is -2.56. The molecule has 10 heteroatoms. The molecule has 0 N–H and O–H groups in total. The molecule has 0 aromatic carbocycles. The molecule has 240 valence electrons. The Hall–Kier alpha value is 0.591. The molecule has 2 heterocycles. The van der Waals surface area contributed by atoms with Gasteiger partial charge in [0, 0.05) is 6.42 Å². The van der Waals surface area contributed by atoms with E-state index >= 15 is 0 Å². The van der Waals surface area contributed by atoms with E-state index in [1.165, 1.54) is 0 Å². The highest BCUT2D eigenvalue weighted by Crippen LogP contribution is 2.47.